The third kappa shape index (κ3) is 4.54. The molecule has 0 aliphatic carbocycles. The van der Waals surface area contributed by atoms with Gasteiger partial charge in [-0.25, -0.2) is 8.42 Å². The van der Waals surface area contributed by atoms with Gasteiger partial charge in [0, 0.05) is 30.8 Å². The number of benzene rings is 2. The molecule has 1 N–H and O–H groups in total. The van der Waals surface area contributed by atoms with Crippen LogP contribution < -0.4 is 4.72 Å². The molecule has 0 spiro atoms. The highest BCUT2D eigenvalue weighted by Crippen LogP contribution is 2.26. The molecule has 10 heteroatoms. The van der Waals surface area contributed by atoms with Crippen molar-refractivity contribution in [1.82, 2.24) is 4.90 Å². The summed E-state index contributed by atoms with van der Waals surface area (Å²) in [5.74, 6) is -0.255. The largest absolute Gasteiger partial charge is 0.378 e. The number of amides is 1. The van der Waals surface area contributed by atoms with E-state index in [-0.39, 0.29) is 22.2 Å². The summed E-state index contributed by atoms with van der Waals surface area (Å²) >= 11 is 0. The maximum absolute atomic E-state index is 12.9. The van der Waals surface area contributed by atoms with Crippen LogP contribution in [0.25, 0.3) is 0 Å². The fraction of sp³-hybridized carbons (Fsp3) is 0.316. The minimum atomic E-state index is -4.05. The SMILES string of the molecule is Cc1ccc([N+](=O)[O-])cc1NS(=O)(=O)c1ccc(C)c(C(=O)N2CCOCC2)c1. The van der Waals surface area contributed by atoms with Gasteiger partial charge in [0.25, 0.3) is 21.6 Å². The number of morpholine rings is 1. The normalized spacial score (nSPS) is 14.5. The molecule has 1 fully saturated rings. The first-order chi connectivity index (χ1) is 13.7. The summed E-state index contributed by atoms with van der Waals surface area (Å²) in [6.07, 6.45) is 0. The summed E-state index contributed by atoms with van der Waals surface area (Å²) in [5.41, 5.74) is 1.38. The zero-order chi connectivity index (χ0) is 21.2. The van der Waals surface area contributed by atoms with Crippen LogP contribution in [0, 0.1) is 24.0 Å². The predicted octanol–water partition coefficient (Wildman–Crippen LogP) is 2.48. The summed E-state index contributed by atoms with van der Waals surface area (Å²) in [5, 5.41) is 11.0. The lowest BCUT2D eigenvalue weighted by atomic mass is 10.1. The second kappa shape index (κ2) is 8.18. The Hall–Kier alpha value is -2.98. The molecule has 1 heterocycles. The number of sulfonamides is 1. The maximum atomic E-state index is 12.9. The van der Waals surface area contributed by atoms with E-state index in [4.69, 9.17) is 4.74 Å². The molecule has 0 atom stereocenters. The molecule has 2 aromatic carbocycles. The molecule has 0 aromatic heterocycles. The van der Waals surface area contributed by atoms with Crippen LogP contribution in [0.1, 0.15) is 21.5 Å². The van der Waals surface area contributed by atoms with E-state index in [1.54, 1.807) is 24.8 Å². The third-order valence-electron chi connectivity index (χ3n) is 4.72. The number of rotatable bonds is 5. The number of nitrogens with one attached hydrogen (secondary N) is 1. The monoisotopic (exact) mass is 419 g/mol. The number of hydrogen-bond donors (Lipinski definition) is 1. The van der Waals surface area contributed by atoms with Crippen LogP contribution in [0.2, 0.25) is 0 Å². The highest BCUT2D eigenvalue weighted by Gasteiger charge is 2.24. The van der Waals surface area contributed by atoms with Gasteiger partial charge in [0.15, 0.2) is 0 Å². The molecule has 1 saturated heterocycles. The van der Waals surface area contributed by atoms with Crippen LogP contribution in [-0.2, 0) is 14.8 Å². The molecule has 1 aliphatic heterocycles. The van der Waals surface area contributed by atoms with Gasteiger partial charge in [-0.05, 0) is 37.1 Å². The van der Waals surface area contributed by atoms with Crippen LogP contribution >= 0.6 is 0 Å². The first-order valence-electron chi connectivity index (χ1n) is 8.94. The van der Waals surface area contributed by atoms with Crippen molar-refractivity contribution in [1.29, 1.82) is 0 Å². The molecular formula is C19H21N3O6S. The van der Waals surface area contributed by atoms with Crippen molar-refractivity contribution in [2.45, 2.75) is 18.7 Å². The number of hydrogen-bond acceptors (Lipinski definition) is 6. The van der Waals surface area contributed by atoms with E-state index in [9.17, 15) is 23.3 Å². The van der Waals surface area contributed by atoms with Crippen molar-refractivity contribution in [3.8, 4) is 0 Å². The number of anilines is 1. The topological polar surface area (TPSA) is 119 Å². The van der Waals surface area contributed by atoms with E-state index in [1.165, 1.54) is 30.3 Å². The lowest BCUT2D eigenvalue weighted by Crippen LogP contribution is -2.41. The minimum absolute atomic E-state index is 0.0920. The third-order valence-corrected chi connectivity index (χ3v) is 6.09. The fourth-order valence-corrected chi connectivity index (χ4v) is 4.12. The highest BCUT2D eigenvalue weighted by molar-refractivity contribution is 7.92. The van der Waals surface area contributed by atoms with Crippen molar-refractivity contribution in [3.63, 3.8) is 0 Å². The van der Waals surface area contributed by atoms with Crippen molar-refractivity contribution < 1.29 is 22.9 Å². The summed E-state index contributed by atoms with van der Waals surface area (Å²) in [7, 11) is -4.05. The average Bonchev–Trinajstić information content (AvgIpc) is 2.69. The zero-order valence-electron chi connectivity index (χ0n) is 16.0. The molecule has 29 heavy (non-hydrogen) atoms. The Balaban J connectivity index is 1.92. The first kappa shape index (κ1) is 20.7. The summed E-state index contributed by atoms with van der Waals surface area (Å²) < 4.78 is 33.4. The Kier molecular flexibility index (Phi) is 5.85. The second-order valence-corrected chi connectivity index (χ2v) is 8.43. The van der Waals surface area contributed by atoms with Crippen LogP contribution in [-0.4, -0.2) is 50.5 Å². The van der Waals surface area contributed by atoms with Crippen LogP contribution in [0.15, 0.2) is 41.3 Å². The quantitative estimate of drug-likeness (QED) is 0.587. The molecule has 1 aliphatic rings. The number of nitro groups is 1. The van der Waals surface area contributed by atoms with E-state index in [2.05, 4.69) is 4.72 Å². The van der Waals surface area contributed by atoms with E-state index >= 15 is 0 Å². The van der Waals surface area contributed by atoms with Crippen molar-refractivity contribution in [3.05, 3.63) is 63.2 Å². The number of ether oxygens (including phenoxy) is 1. The predicted molar refractivity (Wildman–Crippen MR) is 107 cm³/mol. The molecule has 0 saturated carbocycles. The van der Waals surface area contributed by atoms with Gasteiger partial charge in [0.1, 0.15) is 0 Å². The molecule has 0 radical (unpaired) electrons. The molecule has 0 bridgehead atoms. The van der Waals surface area contributed by atoms with Gasteiger partial charge in [0.2, 0.25) is 0 Å². The summed E-state index contributed by atoms with van der Waals surface area (Å²) in [4.78, 5) is 24.7. The van der Waals surface area contributed by atoms with E-state index < -0.39 is 14.9 Å². The van der Waals surface area contributed by atoms with Crippen molar-refractivity contribution in [2.75, 3.05) is 31.0 Å². The molecule has 2 aromatic rings. The van der Waals surface area contributed by atoms with Crippen molar-refractivity contribution in [2.24, 2.45) is 0 Å². The lowest BCUT2D eigenvalue weighted by molar-refractivity contribution is -0.384. The van der Waals surface area contributed by atoms with Gasteiger partial charge >= 0.3 is 0 Å². The number of nitrogens with zero attached hydrogens (tertiary/aromatic N) is 2. The number of nitro benzene ring substituents is 1. The standard InChI is InChI=1S/C19H21N3O6S/c1-13-4-6-16(12-17(13)19(23)21-7-9-28-10-8-21)29(26,27)20-18-11-15(22(24)25)5-3-14(18)2/h3-6,11-12,20H,7-10H2,1-2H3. The first-order valence-corrected chi connectivity index (χ1v) is 10.4. The summed E-state index contributed by atoms with van der Waals surface area (Å²) in [6, 6.07) is 8.25. The number of non-ortho nitro benzene ring substituents is 1. The van der Waals surface area contributed by atoms with Gasteiger partial charge in [-0.1, -0.05) is 12.1 Å². The van der Waals surface area contributed by atoms with Gasteiger partial charge in [-0.3, -0.25) is 19.6 Å². The van der Waals surface area contributed by atoms with Gasteiger partial charge < -0.3 is 9.64 Å². The Labute approximate surface area is 168 Å². The molecule has 0 unspecified atom stereocenters. The van der Waals surface area contributed by atoms with Crippen LogP contribution in [0.5, 0.6) is 0 Å². The Morgan fingerprint density at radius 2 is 1.76 bits per heavy atom. The zero-order valence-corrected chi connectivity index (χ0v) is 16.9. The highest BCUT2D eigenvalue weighted by atomic mass is 32.2. The summed E-state index contributed by atoms with van der Waals surface area (Å²) in [6.45, 7) is 5.15. The van der Waals surface area contributed by atoms with Gasteiger partial charge in [-0.2, -0.15) is 0 Å². The fourth-order valence-electron chi connectivity index (χ4n) is 2.97. The molecule has 3 rings (SSSR count). The van der Waals surface area contributed by atoms with E-state index in [1.807, 2.05) is 0 Å². The number of aryl methyl sites for hydroxylation is 2. The Bertz CT molecular complexity index is 1060. The number of carbonyl (C=O) groups is 1. The Morgan fingerprint density at radius 3 is 2.41 bits per heavy atom. The molecule has 9 nitrogen and oxygen atoms in total. The van der Waals surface area contributed by atoms with Gasteiger partial charge in [0.05, 0.1) is 28.7 Å². The van der Waals surface area contributed by atoms with Gasteiger partial charge in [-0.15, -0.1) is 0 Å². The molecular weight excluding hydrogens is 398 g/mol. The lowest BCUT2D eigenvalue weighted by Gasteiger charge is -2.27. The van der Waals surface area contributed by atoms with Crippen LogP contribution in [0.4, 0.5) is 11.4 Å². The van der Waals surface area contributed by atoms with Crippen LogP contribution in [0.3, 0.4) is 0 Å². The smallest absolute Gasteiger partial charge is 0.271 e. The second-order valence-electron chi connectivity index (χ2n) is 6.74. The van der Waals surface area contributed by atoms with E-state index in [0.717, 1.165) is 0 Å². The average molecular weight is 419 g/mol. The minimum Gasteiger partial charge on any atom is -0.378 e. The van der Waals surface area contributed by atoms with E-state index in [0.29, 0.717) is 43.0 Å². The molecule has 1 amide bonds. The Morgan fingerprint density at radius 1 is 1.10 bits per heavy atom. The molecule has 154 valence electrons. The van der Waals surface area contributed by atoms with Crippen molar-refractivity contribution >= 4 is 27.3 Å². The number of carbonyl (C=O) groups excluding carboxylic acids is 1. The maximum Gasteiger partial charge on any atom is 0.271 e.